The normalized spacial score (nSPS) is 11.5. The van der Waals surface area contributed by atoms with Gasteiger partial charge in [-0.05, 0) is 24.8 Å². The Labute approximate surface area is 154 Å². The molecule has 0 atom stereocenters. The Morgan fingerprint density at radius 1 is 1.08 bits per heavy atom. The standard InChI is InChI=1S/C20H26N4O2/c1-23(15-16-8-4-3-5-9-16)12-13-24(2)18(20(26)22-21)14-17-10-6-7-11-19(17)25/h3-11,14,25H,12-13,15,21H2,1-2H3,(H,22,26). The van der Waals surface area contributed by atoms with Crippen LogP contribution in [0.15, 0.2) is 60.3 Å². The zero-order valence-corrected chi connectivity index (χ0v) is 15.2. The number of phenols is 1. The van der Waals surface area contributed by atoms with E-state index in [0.29, 0.717) is 17.8 Å². The molecule has 0 aliphatic rings. The fourth-order valence-electron chi connectivity index (χ4n) is 2.60. The number of para-hydroxylation sites is 1. The number of carbonyl (C=O) groups is 1. The Bertz CT molecular complexity index is 746. The van der Waals surface area contributed by atoms with E-state index in [4.69, 9.17) is 5.84 Å². The summed E-state index contributed by atoms with van der Waals surface area (Å²) < 4.78 is 0. The van der Waals surface area contributed by atoms with Gasteiger partial charge in [-0.2, -0.15) is 0 Å². The molecule has 0 fully saturated rings. The van der Waals surface area contributed by atoms with E-state index in [1.54, 1.807) is 30.3 Å². The molecule has 2 aromatic rings. The summed E-state index contributed by atoms with van der Waals surface area (Å²) in [4.78, 5) is 16.2. The third kappa shape index (κ3) is 5.61. The second kappa shape index (κ2) is 9.60. The minimum atomic E-state index is -0.401. The average molecular weight is 354 g/mol. The molecule has 0 heterocycles. The zero-order valence-electron chi connectivity index (χ0n) is 15.2. The molecule has 2 rings (SSSR count). The molecule has 0 aliphatic heterocycles. The smallest absolute Gasteiger partial charge is 0.281 e. The Hall–Kier alpha value is -2.83. The molecule has 0 bridgehead atoms. The lowest BCUT2D eigenvalue weighted by atomic mass is 10.1. The van der Waals surface area contributed by atoms with E-state index in [2.05, 4.69) is 22.5 Å². The van der Waals surface area contributed by atoms with Crippen molar-refractivity contribution >= 4 is 12.0 Å². The van der Waals surface area contributed by atoms with Crippen molar-refractivity contribution in [2.75, 3.05) is 27.2 Å². The molecule has 0 radical (unpaired) electrons. The average Bonchev–Trinajstić information content (AvgIpc) is 2.65. The highest BCUT2D eigenvalue weighted by Crippen LogP contribution is 2.20. The van der Waals surface area contributed by atoms with Crippen LogP contribution in [0.25, 0.3) is 6.08 Å². The number of hydrogen-bond acceptors (Lipinski definition) is 5. The van der Waals surface area contributed by atoms with Crippen LogP contribution in [0.4, 0.5) is 0 Å². The number of likely N-dealkylation sites (N-methyl/N-ethyl adjacent to an activating group) is 2. The van der Waals surface area contributed by atoms with Crippen LogP contribution in [-0.2, 0) is 11.3 Å². The molecular formula is C20H26N4O2. The number of nitrogens with one attached hydrogen (secondary N) is 1. The molecule has 0 aliphatic carbocycles. The van der Waals surface area contributed by atoms with E-state index in [9.17, 15) is 9.90 Å². The van der Waals surface area contributed by atoms with E-state index in [-0.39, 0.29) is 5.75 Å². The third-order valence-electron chi connectivity index (χ3n) is 4.12. The van der Waals surface area contributed by atoms with Gasteiger partial charge in [0.25, 0.3) is 5.91 Å². The van der Waals surface area contributed by atoms with Gasteiger partial charge in [0.05, 0.1) is 0 Å². The molecule has 4 N–H and O–H groups in total. The molecule has 0 aromatic heterocycles. The number of hydrogen-bond donors (Lipinski definition) is 3. The largest absolute Gasteiger partial charge is 0.507 e. The molecule has 0 saturated carbocycles. The summed E-state index contributed by atoms with van der Waals surface area (Å²) >= 11 is 0. The fourth-order valence-corrected chi connectivity index (χ4v) is 2.60. The summed E-state index contributed by atoms with van der Waals surface area (Å²) in [5.41, 5.74) is 4.36. The van der Waals surface area contributed by atoms with E-state index in [0.717, 1.165) is 13.1 Å². The Morgan fingerprint density at radius 2 is 1.73 bits per heavy atom. The van der Waals surface area contributed by atoms with Crippen molar-refractivity contribution in [2.45, 2.75) is 6.54 Å². The van der Waals surface area contributed by atoms with Crippen LogP contribution in [0, 0.1) is 0 Å². The van der Waals surface area contributed by atoms with Crippen LogP contribution in [0.3, 0.4) is 0 Å². The van der Waals surface area contributed by atoms with Gasteiger partial charge in [-0.15, -0.1) is 0 Å². The molecular weight excluding hydrogens is 328 g/mol. The van der Waals surface area contributed by atoms with Gasteiger partial charge in [0, 0.05) is 32.2 Å². The minimum absolute atomic E-state index is 0.115. The van der Waals surface area contributed by atoms with E-state index < -0.39 is 5.91 Å². The molecule has 6 heteroatoms. The van der Waals surface area contributed by atoms with E-state index in [1.807, 2.05) is 37.2 Å². The number of rotatable bonds is 8. The summed E-state index contributed by atoms with van der Waals surface area (Å²) in [6, 6.07) is 17.1. The zero-order chi connectivity index (χ0) is 18.9. The number of amides is 1. The van der Waals surface area contributed by atoms with Crippen LogP contribution >= 0.6 is 0 Å². The first-order valence-corrected chi connectivity index (χ1v) is 8.45. The van der Waals surface area contributed by atoms with Crippen LogP contribution in [0.2, 0.25) is 0 Å². The first-order chi connectivity index (χ1) is 12.5. The molecule has 6 nitrogen and oxygen atoms in total. The molecule has 138 valence electrons. The van der Waals surface area contributed by atoms with Crippen molar-refractivity contribution in [2.24, 2.45) is 5.84 Å². The maximum Gasteiger partial charge on any atom is 0.281 e. The first-order valence-electron chi connectivity index (χ1n) is 8.45. The predicted octanol–water partition coefficient (Wildman–Crippen LogP) is 1.79. The summed E-state index contributed by atoms with van der Waals surface area (Å²) in [7, 11) is 3.87. The van der Waals surface area contributed by atoms with E-state index >= 15 is 0 Å². The Balaban J connectivity index is 2.04. The van der Waals surface area contributed by atoms with Crippen LogP contribution in [0.1, 0.15) is 11.1 Å². The topological polar surface area (TPSA) is 81.8 Å². The third-order valence-corrected chi connectivity index (χ3v) is 4.12. The molecule has 26 heavy (non-hydrogen) atoms. The van der Waals surface area contributed by atoms with Gasteiger partial charge in [0.2, 0.25) is 0 Å². The monoisotopic (exact) mass is 354 g/mol. The molecule has 0 saturated heterocycles. The number of phenolic OH excluding ortho intramolecular Hbond substituents is 1. The predicted molar refractivity (Wildman–Crippen MR) is 104 cm³/mol. The fraction of sp³-hybridized carbons (Fsp3) is 0.250. The Kier molecular flexibility index (Phi) is 7.20. The second-order valence-electron chi connectivity index (χ2n) is 6.21. The van der Waals surface area contributed by atoms with Gasteiger partial charge < -0.3 is 14.9 Å². The molecule has 1 amide bonds. The van der Waals surface area contributed by atoms with Crippen LogP contribution in [-0.4, -0.2) is 48.0 Å². The van der Waals surface area contributed by atoms with Crippen molar-refractivity contribution < 1.29 is 9.90 Å². The maximum absolute atomic E-state index is 12.2. The lowest BCUT2D eigenvalue weighted by molar-refractivity contribution is -0.118. The number of hydrazine groups is 1. The summed E-state index contributed by atoms with van der Waals surface area (Å²) in [6.45, 7) is 2.23. The van der Waals surface area contributed by atoms with Gasteiger partial charge in [0.15, 0.2) is 0 Å². The lowest BCUT2D eigenvalue weighted by Crippen LogP contribution is -2.39. The van der Waals surface area contributed by atoms with Gasteiger partial charge in [-0.1, -0.05) is 48.5 Å². The summed E-state index contributed by atoms with van der Waals surface area (Å²) in [5.74, 6) is 5.03. The van der Waals surface area contributed by atoms with Crippen molar-refractivity contribution in [3.8, 4) is 5.75 Å². The van der Waals surface area contributed by atoms with Crippen molar-refractivity contribution in [3.63, 3.8) is 0 Å². The van der Waals surface area contributed by atoms with Crippen molar-refractivity contribution in [1.82, 2.24) is 15.2 Å². The van der Waals surface area contributed by atoms with Gasteiger partial charge in [0.1, 0.15) is 11.4 Å². The first kappa shape index (κ1) is 19.5. The quantitative estimate of drug-likeness (QED) is 0.291. The minimum Gasteiger partial charge on any atom is -0.507 e. The van der Waals surface area contributed by atoms with E-state index in [1.165, 1.54) is 5.56 Å². The number of benzene rings is 2. The van der Waals surface area contributed by atoms with Crippen molar-refractivity contribution in [3.05, 3.63) is 71.4 Å². The van der Waals surface area contributed by atoms with Crippen LogP contribution < -0.4 is 11.3 Å². The highest BCUT2D eigenvalue weighted by Gasteiger charge is 2.15. The highest BCUT2D eigenvalue weighted by molar-refractivity contribution is 5.97. The highest BCUT2D eigenvalue weighted by atomic mass is 16.3. The van der Waals surface area contributed by atoms with Gasteiger partial charge in [-0.3, -0.25) is 10.2 Å². The lowest BCUT2D eigenvalue weighted by Gasteiger charge is -2.25. The molecule has 2 aromatic carbocycles. The molecule has 0 spiro atoms. The number of nitrogens with two attached hydrogens (primary N) is 1. The van der Waals surface area contributed by atoms with Crippen molar-refractivity contribution in [1.29, 1.82) is 0 Å². The maximum atomic E-state index is 12.2. The SMILES string of the molecule is CN(CCN(C)C(=Cc1ccccc1O)C(=O)NN)Cc1ccccc1. The summed E-state index contributed by atoms with van der Waals surface area (Å²) in [5, 5.41) is 9.94. The number of carbonyl (C=O) groups excluding carboxylic acids is 1. The Morgan fingerprint density at radius 3 is 2.38 bits per heavy atom. The van der Waals surface area contributed by atoms with Gasteiger partial charge in [-0.25, -0.2) is 5.84 Å². The van der Waals surface area contributed by atoms with Gasteiger partial charge >= 0.3 is 0 Å². The second-order valence-corrected chi connectivity index (χ2v) is 6.21. The summed E-state index contributed by atoms with van der Waals surface area (Å²) in [6.07, 6.45) is 1.63. The van der Waals surface area contributed by atoms with Crippen LogP contribution in [0.5, 0.6) is 5.75 Å². The molecule has 0 unspecified atom stereocenters. The number of aromatic hydroxyl groups is 1. The number of nitrogens with zero attached hydrogens (tertiary/aromatic N) is 2.